The van der Waals surface area contributed by atoms with Gasteiger partial charge in [0.1, 0.15) is 6.04 Å². The molecule has 28 heavy (non-hydrogen) atoms. The number of nitrogens with one attached hydrogen (secondary N) is 2. The second-order valence-electron chi connectivity index (χ2n) is 5.81. The molecule has 0 saturated carbocycles. The molecular weight excluding hydrogens is 364 g/mol. The van der Waals surface area contributed by atoms with Crippen LogP contribution >= 0.6 is 0 Å². The summed E-state index contributed by atoms with van der Waals surface area (Å²) in [4.78, 5) is 23.8. The minimum atomic E-state index is -1.27. The zero-order valence-electron chi connectivity index (χ0n) is 15.2. The third-order valence-electron chi connectivity index (χ3n) is 4.03. The molecule has 8 nitrogen and oxygen atoms in total. The minimum absolute atomic E-state index is 0. The Morgan fingerprint density at radius 1 is 0.964 bits per heavy atom. The second-order valence-corrected chi connectivity index (χ2v) is 5.81. The molecule has 2 amide bonds. The van der Waals surface area contributed by atoms with Gasteiger partial charge in [-0.3, -0.25) is 14.8 Å². The van der Waals surface area contributed by atoms with Crippen LogP contribution in [0, 0.1) is 0 Å². The lowest BCUT2D eigenvalue weighted by Gasteiger charge is -2.19. The normalized spacial score (nSPS) is 12.2. The van der Waals surface area contributed by atoms with Crippen LogP contribution in [0.4, 0.5) is 0 Å². The van der Waals surface area contributed by atoms with Crippen molar-refractivity contribution in [2.75, 3.05) is 14.2 Å². The fourth-order valence-corrected chi connectivity index (χ4v) is 2.53. The highest BCUT2D eigenvalue weighted by Crippen LogP contribution is 2.32. The summed E-state index contributed by atoms with van der Waals surface area (Å²) in [5.41, 5.74) is 3.45. The van der Waals surface area contributed by atoms with Gasteiger partial charge in [0, 0.05) is 5.56 Å². The van der Waals surface area contributed by atoms with Gasteiger partial charge < -0.3 is 19.9 Å². The van der Waals surface area contributed by atoms with Crippen molar-refractivity contribution in [2.24, 2.45) is 0 Å². The van der Waals surface area contributed by atoms with Crippen molar-refractivity contribution in [1.82, 2.24) is 10.8 Å². The van der Waals surface area contributed by atoms with E-state index in [1.807, 2.05) is 12.1 Å². The summed E-state index contributed by atoms with van der Waals surface area (Å²) in [6, 6.07) is 10.9. The minimum Gasteiger partial charge on any atom is -0.493 e. The van der Waals surface area contributed by atoms with E-state index >= 15 is 0 Å². The number of amides is 2. The lowest BCUT2D eigenvalue weighted by Crippen LogP contribution is -2.51. The Kier molecular flexibility index (Phi) is 8.43. The number of hydrogen-bond acceptors (Lipinski definition) is 6. The summed E-state index contributed by atoms with van der Waals surface area (Å²) >= 11 is 0. The smallest absolute Gasteiger partial charge is 0.268 e. The summed E-state index contributed by atoms with van der Waals surface area (Å²) in [6.07, 6.45) is -1.17. The summed E-state index contributed by atoms with van der Waals surface area (Å²) in [5, 5.41) is 20.7. The summed E-state index contributed by atoms with van der Waals surface area (Å²) in [7, 11) is 3.11. The van der Waals surface area contributed by atoms with Crippen molar-refractivity contribution in [2.45, 2.75) is 26.5 Å². The Balaban J connectivity index is 0.00000392. The van der Waals surface area contributed by atoms with Crippen LogP contribution in [0.3, 0.4) is 0 Å². The van der Waals surface area contributed by atoms with Gasteiger partial charge in [0.05, 0.1) is 20.3 Å². The van der Waals surface area contributed by atoms with E-state index in [2.05, 4.69) is 5.32 Å². The highest BCUT2D eigenvalue weighted by atomic mass is 16.5. The number of rotatable bonds is 7. The van der Waals surface area contributed by atoms with Gasteiger partial charge in [-0.2, -0.15) is 0 Å². The van der Waals surface area contributed by atoms with Crippen LogP contribution in [0.15, 0.2) is 42.5 Å². The van der Waals surface area contributed by atoms with Crippen molar-refractivity contribution < 1.29 is 29.4 Å². The maximum Gasteiger partial charge on any atom is 0.268 e. The quantitative estimate of drug-likeness (QED) is 0.424. The van der Waals surface area contributed by atoms with E-state index in [4.69, 9.17) is 14.7 Å². The topological polar surface area (TPSA) is 117 Å². The number of aliphatic hydroxyl groups excluding tert-OH is 1. The number of aliphatic hydroxyl groups is 1. The molecule has 0 aliphatic carbocycles. The first-order valence-electron chi connectivity index (χ1n) is 8.16. The van der Waals surface area contributed by atoms with Gasteiger partial charge in [0.15, 0.2) is 11.5 Å². The van der Waals surface area contributed by atoms with E-state index in [0.717, 1.165) is 11.1 Å². The monoisotopic (exact) mass is 390 g/mol. The average molecular weight is 390 g/mol. The number of carbonyl (C=O) groups excluding carboxylic acids is 2. The molecule has 0 aliphatic heterocycles. The highest BCUT2D eigenvalue weighted by Gasteiger charge is 2.25. The maximum atomic E-state index is 12.3. The van der Waals surface area contributed by atoms with E-state index in [0.29, 0.717) is 17.1 Å². The fourth-order valence-electron chi connectivity index (χ4n) is 2.53. The van der Waals surface area contributed by atoms with Crippen LogP contribution in [0.1, 0.15) is 24.7 Å². The molecule has 0 radical (unpaired) electrons. The number of carbonyl (C=O) groups is 2. The van der Waals surface area contributed by atoms with Gasteiger partial charge in [-0.05, 0) is 42.3 Å². The first-order chi connectivity index (χ1) is 12.9. The molecular formula is C20H26N2O6. The Bertz CT molecular complexity index is 805. The van der Waals surface area contributed by atoms with Crippen molar-refractivity contribution in [1.29, 1.82) is 0 Å². The second kappa shape index (κ2) is 10.3. The van der Waals surface area contributed by atoms with E-state index in [9.17, 15) is 14.7 Å². The molecule has 2 rings (SSSR count). The molecule has 4 N–H and O–H groups in total. The standard InChI is InChI=1S/C19H22N2O6.CH4/c1-11(22)17(19(24)21-25)20-18(23)13-6-4-12(5-7-13)14-8-9-15(26-2)16(10-14)27-3;/h4-11,17,22,25H,1-3H3,(H,20,23)(H,21,24);1H4/t11-,17+;/m1./s1. The molecule has 2 aromatic carbocycles. The van der Waals surface area contributed by atoms with Gasteiger partial charge in [0.2, 0.25) is 0 Å². The number of hydrogen-bond donors (Lipinski definition) is 4. The molecule has 152 valence electrons. The summed E-state index contributed by atoms with van der Waals surface area (Å²) in [5.74, 6) is -0.251. The summed E-state index contributed by atoms with van der Waals surface area (Å²) in [6.45, 7) is 1.33. The SMILES string of the molecule is C.COc1ccc(-c2ccc(C(=O)N[C@H](C(=O)NO)[C@@H](C)O)cc2)cc1OC. The predicted octanol–water partition coefficient (Wildman–Crippen LogP) is 1.99. The molecule has 0 aliphatic rings. The predicted molar refractivity (Wildman–Crippen MR) is 105 cm³/mol. The van der Waals surface area contributed by atoms with Gasteiger partial charge in [-0.1, -0.05) is 25.6 Å². The molecule has 0 saturated heterocycles. The van der Waals surface area contributed by atoms with Crippen LogP contribution in [-0.2, 0) is 4.79 Å². The Morgan fingerprint density at radius 2 is 1.54 bits per heavy atom. The van der Waals surface area contributed by atoms with E-state index in [1.165, 1.54) is 12.4 Å². The zero-order chi connectivity index (χ0) is 20.0. The van der Waals surface area contributed by atoms with Gasteiger partial charge in [-0.15, -0.1) is 0 Å². The average Bonchev–Trinajstić information content (AvgIpc) is 2.70. The van der Waals surface area contributed by atoms with Crippen LogP contribution < -0.4 is 20.3 Å². The van der Waals surface area contributed by atoms with Crippen molar-refractivity contribution >= 4 is 11.8 Å². The Morgan fingerprint density at radius 3 is 2.04 bits per heavy atom. The molecule has 0 fully saturated rings. The molecule has 0 aromatic heterocycles. The van der Waals surface area contributed by atoms with Crippen molar-refractivity contribution in [3.8, 4) is 22.6 Å². The maximum absolute atomic E-state index is 12.3. The molecule has 8 heteroatoms. The molecule has 0 bridgehead atoms. The molecule has 2 atom stereocenters. The number of benzene rings is 2. The lowest BCUT2D eigenvalue weighted by molar-refractivity contribution is -0.133. The first kappa shape index (κ1) is 22.9. The first-order valence-corrected chi connectivity index (χ1v) is 8.16. The Hall–Kier alpha value is -3.10. The fraction of sp³-hybridized carbons (Fsp3) is 0.300. The van der Waals surface area contributed by atoms with E-state index in [-0.39, 0.29) is 7.43 Å². The summed E-state index contributed by atoms with van der Waals surface area (Å²) < 4.78 is 10.5. The molecule has 0 unspecified atom stereocenters. The van der Waals surface area contributed by atoms with Gasteiger partial charge in [-0.25, -0.2) is 5.48 Å². The van der Waals surface area contributed by atoms with Crippen molar-refractivity contribution in [3.63, 3.8) is 0 Å². The number of hydroxylamine groups is 1. The van der Waals surface area contributed by atoms with Crippen molar-refractivity contribution in [3.05, 3.63) is 48.0 Å². The molecule has 2 aromatic rings. The van der Waals surface area contributed by atoms with Crippen LogP contribution in [0.5, 0.6) is 11.5 Å². The van der Waals surface area contributed by atoms with E-state index < -0.39 is 24.0 Å². The van der Waals surface area contributed by atoms with Gasteiger partial charge >= 0.3 is 0 Å². The zero-order valence-corrected chi connectivity index (χ0v) is 15.2. The number of ether oxygens (including phenoxy) is 2. The lowest BCUT2D eigenvalue weighted by atomic mass is 10.0. The third kappa shape index (κ3) is 5.21. The largest absolute Gasteiger partial charge is 0.493 e. The highest BCUT2D eigenvalue weighted by molar-refractivity contribution is 5.98. The Labute approximate surface area is 164 Å². The van der Waals surface area contributed by atoms with Crippen LogP contribution in [0.25, 0.3) is 11.1 Å². The van der Waals surface area contributed by atoms with Crippen LogP contribution in [0.2, 0.25) is 0 Å². The molecule has 0 spiro atoms. The molecule has 0 heterocycles. The van der Waals surface area contributed by atoms with E-state index in [1.54, 1.807) is 44.6 Å². The van der Waals surface area contributed by atoms with Crippen LogP contribution in [-0.4, -0.2) is 48.5 Å². The number of methoxy groups -OCH3 is 2. The van der Waals surface area contributed by atoms with Gasteiger partial charge in [0.25, 0.3) is 11.8 Å². The third-order valence-corrected chi connectivity index (χ3v) is 4.03.